The Kier molecular flexibility index (Phi) is 3.44. The maximum absolute atomic E-state index is 5.41. The number of aromatic nitrogens is 2. The van der Waals surface area contributed by atoms with E-state index in [0.29, 0.717) is 17.7 Å². The second-order valence-corrected chi connectivity index (χ2v) is 5.35. The zero-order chi connectivity index (χ0) is 14.1. The number of hydrogen-bond acceptors (Lipinski definition) is 5. The normalized spacial score (nSPS) is 16.8. The summed E-state index contributed by atoms with van der Waals surface area (Å²) < 4.78 is 10.7. The smallest absolute Gasteiger partial charge is 0.230 e. The molecule has 5 heteroatoms. The van der Waals surface area contributed by atoms with Gasteiger partial charge in [-0.15, -0.1) is 0 Å². The minimum Gasteiger partial charge on any atom is -0.496 e. The van der Waals surface area contributed by atoms with E-state index in [1.807, 2.05) is 25.1 Å². The van der Waals surface area contributed by atoms with Gasteiger partial charge in [-0.1, -0.05) is 12.1 Å². The first kappa shape index (κ1) is 13.1. The lowest BCUT2D eigenvalue weighted by molar-refractivity contribution is 0.252. The Labute approximate surface area is 118 Å². The van der Waals surface area contributed by atoms with E-state index in [2.05, 4.69) is 22.4 Å². The molecule has 3 rings (SSSR count). The second kappa shape index (κ2) is 5.25. The molecule has 1 fully saturated rings. The Balaban J connectivity index is 1.84. The standard InChI is InChI=1S/C15H19N3O2/c1-9-6-11(4-5-13(9)19-3)14-17-15(20-18-14)10(2)12-7-16-8-12/h4-6,10,12,16H,7-8H2,1-3H3. The van der Waals surface area contributed by atoms with Gasteiger partial charge in [0.25, 0.3) is 0 Å². The molecule has 1 unspecified atom stereocenters. The molecular weight excluding hydrogens is 254 g/mol. The van der Waals surface area contributed by atoms with Crippen LogP contribution in [-0.4, -0.2) is 30.3 Å². The molecule has 0 spiro atoms. The van der Waals surface area contributed by atoms with Crippen LogP contribution in [0.1, 0.15) is 24.3 Å². The lowest BCUT2D eigenvalue weighted by atomic mass is 9.89. The van der Waals surface area contributed by atoms with Crippen molar-refractivity contribution in [1.29, 1.82) is 0 Å². The van der Waals surface area contributed by atoms with Gasteiger partial charge in [0.2, 0.25) is 11.7 Å². The van der Waals surface area contributed by atoms with Crippen LogP contribution in [0.15, 0.2) is 22.7 Å². The fraction of sp³-hybridized carbons (Fsp3) is 0.467. The van der Waals surface area contributed by atoms with Crippen LogP contribution < -0.4 is 10.1 Å². The van der Waals surface area contributed by atoms with Gasteiger partial charge in [-0.25, -0.2) is 0 Å². The fourth-order valence-corrected chi connectivity index (χ4v) is 2.42. The van der Waals surface area contributed by atoms with E-state index in [1.54, 1.807) is 7.11 Å². The number of nitrogens with zero attached hydrogens (tertiary/aromatic N) is 2. The van der Waals surface area contributed by atoms with E-state index in [-0.39, 0.29) is 0 Å². The van der Waals surface area contributed by atoms with Crippen LogP contribution >= 0.6 is 0 Å². The summed E-state index contributed by atoms with van der Waals surface area (Å²) in [7, 11) is 1.67. The van der Waals surface area contributed by atoms with Crippen molar-refractivity contribution in [1.82, 2.24) is 15.5 Å². The van der Waals surface area contributed by atoms with E-state index in [1.165, 1.54) is 0 Å². The number of benzene rings is 1. The van der Waals surface area contributed by atoms with E-state index in [4.69, 9.17) is 9.26 Å². The van der Waals surface area contributed by atoms with Gasteiger partial charge in [-0.05, 0) is 49.7 Å². The van der Waals surface area contributed by atoms with E-state index in [9.17, 15) is 0 Å². The topological polar surface area (TPSA) is 60.2 Å². The van der Waals surface area contributed by atoms with Crippen LogP contribution in [0.4, 0.5) is 0 Å². The first-order chi connectivity index (χ1) is 9.69. The number of aryl methyl sites for hydroxylation is 1. The summed E-state index contributed by atoms with van der Waals surface area (Å²) in [6.45, 7) is 6.20. The molecule has 1 aromatic carbocycles. The van der Waals surface area contributed by atoms with Crippen molar-refractivity contribution >= 4 is 0 Å². The van der Waals surface area contributed by atoms with Gasteiger partial charge in [0.15, 0.2) is 0 Å². The highest BCUT2D eigenvalue weighted by molar-refractivity contribution is 5.58. The van der Waals surface area contributed by atoms with Gasteiger partial charge in [0, 0.05) is 11.5 Å². The highest BCUT2D eigenvalue weighted by Crippen LogP contribution is 2.29. The fourth-order valence-electron chi connectivity index (χ4n) is 2.42. The third-order valence-corrected chi connectivity index (χ3v) is 4.00. The van der Waals surface area contributed by atoms with Gasteiger partial charge in [-0.3, -0.25) is 0 Å². The first-order valence-electron chi connectivity index (χ1n) is 6.88. The summed E-state index contributed by atoms with van der Waals surface area (Å²) in [6, 6.07) is 5.90. The molecule has 0 bridgehead atoms. The van der Waals surface area contributed by atoms with Crippen molar-refractivity contribution in [3.8, 4) is 17.1 Å². The van der Waals surface area contributed by atoms with Crippen molar-refractivity contribution in [2.24, 2.45) is 5.92 Å². The number of methoxy groups -OCH3 is 1. The zero-order valence-electron chi connectivity index (χ0n) is 12.0. The van der Waals surface area contributed by atoms with Crippen LogP contribution in [0.5, 0.6) is 5.75 Å². The Morgan fingerprint density at radius 1 is 1.40 bits per heavy atom. The minimum absolute atomic E-state index is 0.303. The second-order valence-electron chi connectivity index (χ2n) is 5.35. The van der Waals surface area contributed by atoms with E-state index in [0.717, 1.165) is 35.9 Å². The molecule has 2 heterocycles. The molecule has 106 valence electrons. The van der Waals surface area contributed by atoms with Crippen LogP contribution in [-0.2, 0) is 0 Å². The highest BCUT2D eigenvalue weighted by atomic mass is 16.5. The summed E-state index contributed by atoms with van der Waals surface area (Å²) in [5.74, 6) is 3.13. The Morgan fingerprint density at radius 3 is 2.80 bits per heavy atom. The van der Waals surface area contributed by atoms with Gasteiger partial charge < -0.3 is 14.6 Å². The Morgan fingerprint density at radius 2 is 2.20 bits per heavy atom. The third-order valence-electron chi connectivity index (χ3n) is 4.00. The molecule has 1 atom stereocenters. The summed E-state index contributed by atoms with van der Waals surface area (Å²) in [4.78, 5) is 4.53. The summed E-state index contributed by atoms with van der Waals surface area (Å²) >= 11 is 0. The first-order valence-corrected chi connectivity index (χ1v) is 6.88. The Bertz CT molecular complexity index is 605. The van der Waals surface area contributed by atoms with Gasteiger partial charge in [-0.2, -0.15) is 4.98 Å². The molecule has 5 nitrogen and oxygen atoms in total. The van der Waals surface area contributed by atoms with E-state index >= 15 is 0 Å². The molecule has 0 saturated carbocycles. The molecule has 1 N–H and O–H groups in total. The van der Waals surface area contributed by atoms with Crippen molar-refractivity contribution < 1.29 is 9.26 Å². The van der Waals surface area contributed by atoms with Crippen molar-refractivity contribution in [3.05, 3.63) is 29.7 Å². The van der Waals surface area contributed by atoms with Gasteiger partial charge in [0.1, 0.15) is 5.75 Å². The predicted octanol–water partition coefficient (Wildman–Crippen LogP) is 2.38. The monoisotopic (exact) mass is 273 g/mol. The summed E-state index contributed by atoms with van der Waals surface area (Å²) in [5.41, 5.74) is 2.02. The molecule has 1 aliphatic rings. The zero-order valence-corrected chi connectivity index (χ0v) is 12.0. The molecule has 1 saturated heterocycles. The molecule has 2 aromatic rings. The van der Waals surface area contributed by atoms with Crippen molar-refractivity contribution in [2.45, 2.75) is 19.8 Å². The molecule has 0 amide bonds. The number of hydrogen-bond donors (Lipinski definition) is 1. The SMILES string of the molecule is COc1ccc(-c2noc(C(C)C3CNC3)n2)cc1C. The molecule has 20 heavy (non-hydrogen) atoms. The van der Waals surface area contributed by atoms with Crippen LogP contribution in [0.2, 0.25) is 0 Å². The quantitative estimate of drug-likeness (QED) is 0.926. The van der Waals surface area contributed by atoms with Crippen molar-refractivity contribution in [3.63, 3.8) is 0 Å². The maximum Gasteiger partial charge on any atom is 0.230 e. The maximum atomic E-state index is 5.41. The Hall–Kier alpha value is -1.88. The molecule has 1 aliphatic heterocycles. The summed E-state index contributed by atoms with van der Waals surface area (Å²) in [5, 5.41) is 7.36. The molecular formula is C15H19N3O2. The molecule has 1 aromatic heterocycles. The van der Waals surface area contributed by atoms with Gasteiger partial charge in [0.05, 0.1) is 7.11 Å². The van der Waals surface area contributed by atoms with Crippen molar-refractivity contribution in [2.75, 3.05) is 20.2 Å². The largest absolute Gasteiger partial charge is 0.496 e. The number of ether oxygens (including phenoxy) is 1. The molecule has 0 aliphatic carbocycles. The number of nitrogens with one attached hydrogen (secondary N) is 1. The van der Waals surface area contributed by atoms with Crippen LogP contribution in [0.3, 0.4) is 0 Å². The van der Waals surface area contributed by atoms with Crippen LogP contribution in [0, 0.1) is 12.8 Å². The van der Waals surface area contributed by atoms with Crippen LogP contribution in [0.25, 0.3) is 11.4 Å². The van der Waals surface area contributed by atoms with E-state index < -0.39 is 0 Å². The number of rotatable bonds is 4. The third kappa shape index (κ3) is 2.29. The average molecular weight is 273 g/mol. The highest BCUT2D eigenvalue weighted by Gasteiger charge is 2.28. The lowest BCUT2D eigenvalue weighted by Crippen LogP contribution is -2.44. The summed E-state index contributed by atoms with van der Waals surface area (Å²) in [6.07, 6.45) is 0. The minimum atomic E-state index is 0.303. The lowest BCUT2D eigenvalue weighted by Gasteiger charge is -2.30. The molecule has 0 radical (unpaired) electrons. The average Bonchev–Trinajstić information content (AvgIpc) is 2.86. The van der Waals surface area contributed by atoms with Gasteiger partial charge >= 0.3 is 0 Å². The predicted molar refractivity (Wildman–Crippen MR) is 75.8 cm³/mol.